The van der Waals surface area contributed by atoms with Crippen LogP contribution in [0.3, 0.4) is 0 Å². The fourth-order valence-corrected chi connectivity index (χ4v) is 0.828. The Kier molecular flexibility index (Phi) is 2.72. The molecule has 1 rings (SSSR count). The maximum absolute atomic E-state index is 3.97. The van der Waals surface area contributed by atoms with Crippen LogP contribution < -0.4 is 0 Å². The molecule has 0 aliphatic heterocycles. The van der Waals surface area contributed by atoms with Gasteiger partial charge in [0, 0.05) is 5.41 Å². The molecule has 0 amide bonds. The number of hydrogen-bond donors (Lipinski definition) is 0. The summed E-state index contributed by atoms with van der Waals surface area (Å²) in [7, 11) is 0. The average molecular weight is 231 g/mol. The van der Waals surface area contributed by atoms with E-state index < -0.39 is 0 Å². The van der Waals surface area contributed by atoms with Crippen molar-refractivity contribution in [2.75, 3.05) is 0 Å². The largest absolute Gasteiger partial charge is 0.184 e. The molecule has 0 saturated heterocycles. The summed E-state index contributed by atoms with van der Waals surface area (Å²) in [6.07, 6.45) is 0. The topological polar surface area (TPSA) is 51.6 Å². The van der Waals surface area contributed by atoms with Gasteiger partial charge in [0.25, 0.3) is 0 Å². The smallest absolute Gasteiger partial charge is 0.131 e. The lowest BCUT2D eigenvalue weighted by atomic mass is 9.96. The molecule has 0 spiro atoms. The Morgan fingerprint density at radius 3 is 1.92 bits per heavy atom. The van der Waals surface area contributed by atoms with Crippen molar-refractivity contribution in [3.63, 3.8) is 0 Å². The summed E-state index contributed by atoms with van der Waals surface area (Å²) < 4.78 is 0. The zero-order valence-electron chi connectivity index (χ0n) is 7.37. The molecule has 1 aromatic rings. The first-order valence-electron chi connectivity index (χ1n) is 3.67. The third-order valence-corrected chi connectivity index (χ3v) is 1.81. The van der Waals surface area contributed by atoms with Gasteiger partial charge in [-0.1, -0.05) is 36.7 Å². The number of hydrogen-bond acceptors (Lipinski definition) is 4. The fourth-order valence-electron chi connectivity index (χ4n) is 0.604. The summed E-state index contributed by atoms with van der Waals surface area (Å²) >= 11 is 3.23. The van der Waals surface area contributed by atoms with Gasteiger partial charge in [-0.05, 0) is 0 Å². The van der Waals surface area contributed by atoms with Gasteiger partial charge in [0.1, 0.15) is 0 Å². The van der Waals surface area contributed by atoms with Crippen molar-refractivity contribution in [2.45, 2.75) is 31.5 Å². The highest BCUT2D eigenvalue weighted by molar-refractivity contribution is 9.08. The van der Waals surface area contributed by atoms with E-state index >= 15 is 0 Å². The van der Waals surface area contributed by atoms with Gasteiger partial charge >= 0.3 is 0 Å². The summed E-state index contributed by atoms with van der Waals surface area (Å²) in [6.45, 7) is 6.08. The van der Waals surface area contributed by atoms with Gasteiger partial charge < -0.3 is 0 Å². The Balaban J connectivity index is 2.93. The summed E-state index contributed by atoms with van der Waals surface area (Å²) in [6, 6.07) is 0. The summed E-state index contributed by atoms with van der Waals surface area (Å²) in [5, 5.41) is 16.3. The molecule has 0 saturated carbocycles. The van der Waals surface area contributed by atoms with Crippen molar-refractivity contribution >= 4 is 15.9 Å². The highest BCUT2D eigenvalue weighted by atomic mass is 79.9. The predicted molar refractivity (Wildman–Crippen MR) is 49.0 cm³/mol. The van der Waals surface area contributed by atoms with Gasteiger partial charge in [0.2, 0.25) is 0 Å². The third kappa shape index (κ3) is 2.20. The molecule has 0 N–H and O–H groups in total. The minimum Gasteiger partial charge on any atom is -0.131 e. The van der Waals surface area contributed by atoms with Crippen LogP contribution in [0.15, 0.2) is 0 Å². The van der Waals surface area contributed by atoms with E-state index in [2.05, 4.69) is 36.3 Å². The maximum atomic E-state index is 3.97. The molecule has 0 aromatic carbocycles. The minimum atomic E-state index is -0.0785. The third-order valence-electron chi connectivity index (χ3n) is 1.31. The zero-order valence-corrected chi connectivity index (χ0v) is 8.96. The highest BCUT2D eigenvalue weighted by Crippen LogP contribution is 2.15. The molecule has 4 nitrogen and oxygen atoms in total. The summed E-state index contributed by atoms with van der Waals surface area (Å²) in [4.78, 5) is 0. The van der Waals surface area contributed by atoms with Crippen LogP contribution in [-0.2, 0) is 10.7 Å². The van der Waals surface area contributed by atoms with Gasteiger partial charge in [-0.15, -0.1) is 20.4 Å². The molecule has 0 bridgehead atoms. The van der Waals surface area contributed by atoms with Crippen LogP contribution >= 0.6 is 15.9 Å². The Bertz CT molecular complexity index is 251. The summed E-state index contributed by atoms with van der Waals surface area (Å²) in [5.41, 5.74) is -0.0785. The highest BCUT2D eigenvalue weighted by Gasteiger charge is 2.18. The van der Waals surface area contributed by atoms with Crippen molar-refractivity contribution in [3.8, 4) is 0 Å². The Hall–Kier alpha value is -0.580. The Labute approximate surface area is 79.9 Å². The molecule has 0 aliphatic carbocycles. The van der Waals surface area contributed by atoms with Gasteiger partial charge in [0.05, 0.1) is 5.33 Å². The Morgan fingerprint density at radius 1 is 1.08 bits per heavy atom. The first kappa shape index (κ1) is 9.51. The van der Waals surface area contributed by atoms with Gasteiger partial charge in [0.15, 0.2) is 11.6 Å². The fraction of sp³-hybridized carbons (Fsp3) is 0.714. The van der Waals surface area contributed by atoms with E-state index in [1.807, 2.05) is 20.8 Å². The van der Waals surface area contributed by atoms with Crippen molar-refractivity contribution in [3.05, 3.63) is 11.6 Å². The first-order chi connectivity index (χ1) is 5.54. The van der Waals surface area contributed by atoms with E-state index in [-0.39, 0.29) is 5.41 Å². The van der Waals surface area contributed by atoms with Gasteiger partial charge in [-0.3, -0.25) is 0 Å². The second-order valence-electron chi connectivity index (χ2n) is 3.52. The van der Waals surface area contributed by atoms with Crippen LogP contribution in [0.5, 0.6) is 0 Å². The molecule has 0 radical (unpaired) electrons. The molecule has 12 heavy (non-hydrogen) atoms. The van der Waals surface area contributed by atoms with Crippen LogP contribution in [0.2, 0.25) is 0 Å². The number of alkyl halides is 1. The molecule has 5 heteroatoms. The van der Waals surface area contributed by atoms with Gasteiger partial charge in [-0.2, -0.15) is 0 Å². The quantitative estimate of drug-likeness (QED) is 0.686. The molecule has 0 aliphatic rings. The molecule has 1 heterocycles. The number of aromatic nitrogens is 4. The summed E-state index contributed by atoms with van der Waals surface area (Å²) in [5.74, 6) is 1.29. The van der Waals surface area contributed by atoms with Crippen LogP contribution in [0.1, 0.15) is 32.4 Å². The zero-order chi connectivity index (χ0) is 9.19. The van der Waals surface area contributed by atoms with E-state index in [0.29, 0.717) is 17.0 Å². The number of rotatable bonds is 1. The van der Waals surface area contributed by atoms with Gasteiger partial charge in [-0.25, -0.2) is 0 Å². The molecular formula is C7H11BrN4. The molecule has 0 unspecified atom stereocenters. The lowest BCUT2D eigenvalue weighted by Crippen LogP contribution is -2.18. The van der Waals surface area contributed by atoms with E-state index in [9.17, 15) is 0 Å². The number of halogens is 1. The molecule has 66 valence electrons. The van der Waals surface area contributed by atoms with Crippen molar-refractivity contribution in [1.82, 2.24) is 20.4 Å². The van der Waals surface area contributed by atoms with E-state index in [1.165, 1.54) is 0 Å². The SMILES string of the molecule is CC(C)(C)c1nnc(CBr)nn1. The van der Waals surface area contributed by atoms with E-state index in [1.54, 1.807) is 0 Å². The number of nitrogens with zero attached hydrogens (tertiary/aromatic N) is 4. The second kappa shape index (κ2) is 3.43. The lowest BCUT2D eigenvalue weighted by molar-refractivity contribution is 0.513. The van der Waals surface area contributed by atoms with E-state index in [0.717, 1.165) is 0 Å². The van der Waals surface area contributed by atoms with Crippen molar-refractivity contribution in [2.24, 2.45) is 0 Å². The first-order valence-corrected chi connectivity index (χ1v) is 4.79. The molecule has 1 aromatic heterocycles. The monoisotopic (exact) mass is 230 g/mol. The second-order valence-corrected chi connectivity index (χ2v) is 4.08. The molecule has 0 fully saturated rings. The van der Waals surface area contributed by atoms with Crippen molar-refractivity contribution in [1.29, 1.82) is 0 Å². The van der Waals surface area contributed by atoms with Crippen molar-refractivity contribution < 1.29 is 0 Å². The lowest BCUT2D eigenvalue weighted by Gasteiger charge is -2.13. The normalized spacial score (nSPS) is 11.7. The average Bonchev–Trinajstić information content (AvgIpc) is 2.03. The predicted octanol–water partition coefficient (Wildman–Crippen LogP) is 1.46. The maximum Gasteiger partial charge on any atom is 0.184 e. The molecule has 0 atom stereocenters. The standard InChI is InChI=1S/C7H11BrN4/c1-7(2,3)6-11-9-5(4-8)10-12-6/h4H2,1-3H3. The van der Waals surface area contributed by atoms with Crippen LogP contribution in [-0.4, -0.2) is 20.4 Å². The van der Waals surface area contributed by atoms with Crippen LogP contribution in [0.4, 0.5) is 0 Å². The molecular weight excluding hydrogens is 220 g/mol. The van der Waals surface area contributed by atoms with Crippen LogP contribution in [0, 0.1) is 0 Å². The Morgan fingerprint density at radius 2 is 1.58 bits per heavy atom. The van der Waals surface area contributed by atoms with E-state index in [4.69, 9.17) is 0 Å². The van der Waals surface area contributed by atoms with Crippen LogP contribution in [0.25, 0.3) is 0 Å². The minimum absolute atomic E-state index is 0.0785.